The molecular weight excluding hydrogens is 236 g/mol. The van der Waals surface area contributed by atoms with E-state index in [0.29, 0.717) is 12.3 Å². The Kier molecular flexibility index (Phi) is 5.59. The highest BCUT2D eigenvalue weighted by atomic mass is 16.6. The number of hydrogen-bond acceptors (Lipinski definition) is 2. The highest BCUT2D eigenvalue weighted by Crippen LogP contribution is 2.14. The highest BCUT2D eigenvalue weighted by Gasteiger charge is 2.15. The van der Waals surface area contributed by atoms with E-state index in [9.17, 15) is 4.79 Å². The molecule has 0 bridgehead atoms. The summed E-state index contributed by atoms with van der Waals surface area (Å²) in [7, 11) is 0. The van der Waals surface area contributed by atoms with E-state index in [1.807, 2.05) is 20.8 Å². The second-order valence-electron chi connectivity index (χ2n) is 6.50. The zero-order valence-corrected chi connectivity index (χ0v) is 12.8. The Morgan fingerprint density at radius 1 is 1.21 bits per heavy atom. The maximum Gasteiger partial charge on any atom is 0.306 e. The van der Waals surface area contributed by atoms with Crippen LogP contribution in [0.3, 0.4) is 0 Å². The Morgan fingerprint density at radius 2 is 1.84 bits per heavy atom. The third kappa shape index (κ3) is 7.00. The van der Waals surface area contributed by atoms with Crippen LogP contribution in [-0.4, -0.2) is 11.6 Å². The average molecular weight is 262 g/mol. The summed E-state index contributed by atoms with van der Waals surface area (Å²) in [5.74, 6) is 0.530. The fourth-order valence-corrected chi connectivity index (χ4v) is 2.02. The number of ether oxygens (including phenoxy) is 1. The molecule has 0 N–H and O–H groups in total. The van der Waals surface area contributed by atoms with Crippen molar-refractivity contribution in [3.63, 3.8) is 0 Å². The van der Waals surface area contributed by atoms with Crippen molar-refractivity contribution < 1.29 is 9.53 Å². The molecule has 106 valence electrons. The van der Waals surface area contributed by atoms with Crippen molar-refractivity contribution in [2.75, 3.05) is 0 Å². The van der Waals surface area contributed by atoms with Gasteiger partial charge in [0.1, 0.15) is 5.60 Å². The van der Waals surface area contributed by atoms with E-state index < -0.39 is 5.60 Å². The molecule has 0 aromatic heterocycles. The van der Waals surface area contributed by atoms with E-state index in [0.717, 1.165) is 12.8 Å². The highest BCUT2D eigenvalue weighted by molar-refractivity contribution is 5.70. The first-order chi connectivity index (χ1) is 8.76. The summed E-state index contributed by atoms with van der Waals surface area (Å²) in [6, 6.07) is 8.50. The van der Waals surface area contributed by atoms with Gasteiger partial charge in [-0.15, -0.1) is 0 Å². The molecule has 0 fully saturated rings. The maximum absolute atomic E-state index is 11.7. The fraction of sp³-hybridized carbons (Fsp3) is 0.588. The molecule has 0 radical (unpaired) electrons. The standard InChI is InChI=1S/C17H26O2/c1-13(2)11-15-8-6-7-14(12-15)9-10-16(18)19-17(3,4)5/h6-8,12-13H,9-11H2,1-5H3. The molecule has 1 rings (SSSR count). The summed E-state index contributed by atoms with van der Waals surface area (Å²) < 4.78 is 5.32. The van der Waals surface area contributed by atoms with E-state index in [-0.39, 0.29) is 5.97 Å². The molecule has 2 nitrogen and oxygen atoms in total. The molecule has 1 aromatic carbocycles. The van der Waals surface area contributed by atoms with E-state index in [4.69, 9.17) is 4.74 Å². The second kappa shape index (κ2) is 6.74. The molecule has 0 unspecified atom stereocenters. The van der Waals surface area contributed by atoms with E-state index in [1.54, 1.807) is 0 Å². The van der Waals surface area contributed by atoms with Crippen molar-refractivity contribution in [3.05, 3.63) is 35.4 Å². The Hall–Kier alpha value is -1.31. The average Bonchev–Trinajstić information content (AvgIpc) is 2.23. The van der Waals surface area contributed by atoms with Crippen LogP contribution in [0.25, 0.3) is 0 Å². The van der Waals surface area contributed by atoms with Crippen molar-refractivity contribution in [1.82, 2.24) is 0 Å². The Balaban J connectivity index is 2.51. The van der Waals surface area contributed by atoms with Crippen LogP contribution in [0, 0.1) is 5.92 Å². The number of benzene rings is 1. The smallest absolute Gasteiger partial charge is 0.306 e. The Morgan fingerprint density at radius 3 is 2.42 bits per heavy atom. The Labute approximate surface area is 117 Å². The second-order valence-corrected chi connectivity index (χ2v) is 6.50. The van der Waals surface area contributed by atoms with Gasteiger partial charge in [0.15, 0.2) is 0 Å². The number of aryl methyl sites for hydroxylation is 1. The first-order valence-electron chi connectivity index (χ1n) is 7.06. The Bertz CT molecular complexity index is 414. The zero-order valence-electron chi connectivity index (χ0n) is 12.8. The lowest BCUT2D eigenvalue weighted by Gasteiger charge is -2.19. The summed E-state index contributed by atoms with van der Waals surface area (Å²) in [4.78, 5) is 11.7. The van der Waals surface area contributed by atoms with Gasteiger partial charge in [0.25, 0.3) is 0 Å². The summed E-state index contributed by atoms with van der Waals surface area (Å²) in [5, 5.41) is 0. The number of carbonyl (C=O) groups is 1. The third-order valence-electron chi connectivity index (χ3n) is 2.67. The fourth-order valence-electron chi connectivity index (χ4n) is 2.02. The summed E-state index contributed by atoms with van der Waals surface area (Å²) in [5.41, 5.74) is 2.16. The molecule has 0 aliphatic carbocycles. The van der Waals surface area contributed by atoms with Gasteiger partial charge in [-0.05, 0) is 50.7 Å². The first-order valence-corrected chi connectivity index (χ1v) is 7.06. The van der Waals surface area contributed by atoms with Gasteiger partial charge in [-0.25, -0.2) is 0 Å². The van der Waals surface area contributed by atoms with Crippen molar-refractivity contribution >= 4 is 5.97 Å². The molecule has 2 heteroatoms. The molecule has 0 heterocycles. The van der Waals surface area contributed by atoms with Crippen LogP contribution in [0.5, 0.6) is 0 Å². The SMILES string of the molecule is CC(C)Cc1cccc(CCC(=O)OC(C)(C)C)c1. The monoisotopic (exact) mass is 262 g/mol. The largest absolute Gasteiger partial charge is 0.460 e. The normalized spacial score (nSPS) is 11.7. The summed E-state index contributed by atoms with van der Waals surface area (Å²) in [6.45, 7) is 10.1. The van der Waals surface area contributed by atoms with Crippen LogP contribution in [0.2, 0.25) is 0 Å². The number of esters is 1. The van der Waals surface area contributed by atoms with Crippen LogP contribution in [0.4, 0.5) is 0 Å². The lowest BCUT2D eigenvalue weighted by atomic mass is 9.99. The lowest BCUT2D eigenvalue weighted by molar-refractivity contribution is -0.154. The van der Waals surface area contributed by atoms with E-state index in [1.165, 1.54) is 11.1 Å². The van der Waals surface area contributed by atoms with Gasteiger partial charge < -0.3 is 4.74 Å². The molecule has 0 amide bonds. The van der Waals surface area contributed by atoms with Gasteiger partial charge in [0, 0.05) is 6.42 Å². The van der Waals surface area contributed by atoms with Crippen molar-refractivity contribution in [2.45, 2.75) is 59.5 Å². The van der Waals surface area contributed by atoms with Crippen LogP contribution in [0.1, 0.15) is 52.2 Å². The molecule has 0 atom stereocenters. The molecule has 0 aliphatic heterocycles. The van der Waals surface area contributed by atoms with Crippen LogP contribution in [-0.2, 0) is 22.4 Å². The van der Waals surface area contributed by atoms with Crippen molar-refractivity contribution in [3.8, 4) is 0 Å². The number of rotatable bonds is 5. The molecule has 0 aliphatic rings. The van der Waals surface area contributed by atoms with Crippen LogP contribution >= 0.6 is 0 Å². The van der Waals surface area contributed by atoms with Crippen LogP contribution < -0.4 is 0 Å². The zero-order chi connectivity index (χ0) is 14.5. The van der Waals surface area contributed by atoms with Gasteiger partial charge in [-0.1, -0.05) is 38.1 Å². The quantitative estimate of drug-likeness (QED) is 0.745. The van der Waals surface area contributed by atoms with E-state index >= 15 is 0 Å². The molecule has 0 spiro atoms. The number of carbonyl (C=O) groups excluding carboxylic acids is 1. The maximum atomic E-state index is 11.7. The summed E-state index contributed by atoms with van der Waals surface area (Å²) >= 11 is 0. The van der Waals surface area contributed by atoms with Gasteiger partial charge >= 0.3 is 5.97 Å². The third-order valence-corrected chi connectivity index (χ3v) is 2.67. The number of hydrogen-bond donors (Lipinski definition) is 0. The predicted octanol–water partition coefficient (Wildman–Crippen LogP) is 4.16. The predicted molar refractivity (Wildman–Crippen MR) is 79.2 cm³/mol. The van der Waals surface area contributed by atoms with E-state index in [2.05, 4.69) is 38.1 Å². The molecule has 1 aromatic rings. The molecule has 0 saturated carbocycles. The van der Waals surface area contributed by atoms with Crippen LogP contribution in [0.15, 0.2) is 24.3 Å². The topological polar surface area (TPSA) is 26.3 Å². The van der Waals surface area contributed by atoms with Gasteiger partial charge in [0.2, 0.25) is 0 Å². The first kappa shape index (κ1) is 15.7. The molecular formula is C17H26O2. The molecule has 19 heavy (non-hydrogen) atoms. The van der Waals surface area contributed by atoms with Gasteiger partial charge in [-0.2, -0.15) is 0 Å². The minimum atomic E-state index is -0.392. The minimum Gasteiger partial charge on any atom is -0.460 e. The van der Waals surface area contributed by atoms with Crippen molar-refractivity contribution in [1.29, 1.82) is 0 Å². The van der Waals surface area contributed by atoms with Crippen molar-refractivity contribution in [2.24, 2.45) is 5.92 Å². The minimum absolute atomic E-state index is 0.123. The van der Waals surface area contributed by atoms with Gasteiger partial charge in [0.05, 0.1) is 0 Å². The lowest BCUT2D eigenvalue weighted by Crippen LogP contribution is -2.24. The van der Waals surface area contributed by atoms with Gasteiger partial charge in [-0.3, -0.25) is 4.79 Å². The summed E-state index contributed by atoms with van der Waals surface area (Å²) in [6.07, 6.45) is 2.28. The molecule has 0 saturated heterocycles.